The first-order valence-corrected chi connectivity index (χ1v) is 5.55. The summed E-state index contributed by atoms with van der Waals surface area (Å²) in [6.07, 6.45) is 0.764. The van der Waals surface area contributed by atoms with Gasteiger partial charge in [0.2, 0.25) is 0 Å². The predicted octanol–water partition coefficient (Wildman–Crippen LogP) is 2.30. The van der Waals surface area contributed by atoms with Crippen molar-refractivity contribution in [2.45, 2.75) is 40.2 Å². The minimum Gasteiger partial charge on any atom is -0.327 e. The molecule has 0 spiro atoms. The maximum absolute atomic E-state index is 6.17. The second kappa shape index (κ2) is 4.14. The molecule has 0 aliphatic carbocycles. The SMILES string of the molecule is Cc1nn(C)c(CC(N)C(C)(C)C)c1Cl. The standard InChI is InChI=1S/C11H20ClN3/c1-7-10(12)8(15(5)14-7)6-9(13)11(2,3)4/h9H,6,13H2,1-5H3. The summed E-state index contributed by atoms with van der Waals surface area (Å²) in [6.45, 7) is 8.31. The molecule has 1 aromatic heterocycles. The molecule has 0 saturated carbocycles. The lowest BCUT2D eigenvalue weighted by Crippen LogP contribution is -2.37. The van der Waals surface area contributed by atoms with Crippen LogP contribution in [0.2, 0.25) is 5.02 Å². The Balaban J connectivity index is 2.90. The molecule has 0 saturated heterocycles. The molecule has 1 unspecified atom stereocenters. The van der Waals surface area contributed by atoms with Crippen LogP contribution >= 0.6 is 11.6 Å². The number of nitrogens with zero attached hydrogens (tertiary/aromatic N) is 2. The fourth-order valence-corrected chi connectivity index (χ4v) is 1.65. The van der Waals surface area contributed by atoms with E-state index in [2.05, 4.69) is 25.9 Å². The van der Waals surface area contributed by atoms with E-state index in [1.807, 2.05) is 18.7 Å². The fourth-order valence-electron chi connectivity index (χ4n) is 1.42. The molecule has 86 valence electrons. The van der Waals surface area contributed by atoms with Crippen molar-refractivity contribution in [3.63, 3.8) is 0 Å². The second-order valence-corrected chi connectivity index (χ2v) is 5.52. The summed E-state index contributed by atoms with van der Waals surface area (Å²) in [6, 6.07) is 0.0878. The van der Waals surface area contributed by atoms with Gasteiger partial charge in [-0.2, -0.15) is 5.10 Å². The number of hydrogen-bond acceptors (Lipinski definition) is 2. The lowest BCUT2D eigenvalue weighted by Gasteiger charge is -2.27. The third-order valence-electron chi connectivity index (χ3n) is 2.79. The van der Waals surface area contributed by atoms with Crippen molar-refractivity contribution in [1.29, 1.82) is 0 Å². The molecule has 0 radical (unpaired) electrons. The average Bonchev–Trinajstić information content (AvgIpc) is 2.30. The molecule has 0 aliphatic rings. The normalized spacial score (nSPS) is 14.3. The van der Waals surface area contributed by atoms with Gasteiger partial charge in [0.1, 0.15) is 0 Å². The number of aromatic nitrogens is 2. The van der Waals surface area contributed by atoms with E-state index >= 15 is 0 Å². The third-order valence-corrected chi connectivity index (χ3v) is 3.28. The van der Waals surface area contributed by atoms with E-state index in [-0.39, 0.29) is 11.5 Å². The zero-order valence-corrected chi connectivity index (χ0v) is 10.9. The van der Waals surface area contributed by atoms with Crippen LogP contribution in [0.3, 0.4) is 0 Å². The Bertz CT molecular complexity index is 349. The fraction of sp³-hybridized carbons (Fsp3) is 0.727. The van der Waals surface area contributed by atoms with Crippen LogP contribution in [-0.2, 0) is 13.5 Å². The molecule has 1 aromatic rings. The quantitative estimate of drug-likeness (QED) is 0.846. The van der Waals surface area contributed by atoms with Crippen molar-refractivity contribution in [2.75, 3.05) is 0 Å². The summed E-state index contributed by atoms with van der Waals surface area (Å²) in [4.78, 5) is 0. The van der Waals surface area contributed by atoms with Gasteiger partial charge >= 0.3 is 0 Å². The van der Waals surface area contributed by atoms with Crippen molar-refractivity contribution in [3.05, 3.63) is 16.4 Å². The summed E-state index contributed by atoms with van der Waals surface area (Å²) in [5, 5.41) is 5.02. The molecule has 0 fully saturated rings. The number of rotatable bonds is 2. The molecule has 15 heavy (non-hydrogen) atoms. The summed E-state index contributed by atoms with van der Waals surface area (Å²) < 4.78 is 1.82. The number of halogens is 1. The molecule has 4 heteroatoms. The third kappa shape index (κ3) is 2.73. The molecular weight excluding hydrogens is 210 g/mol. The maximum atomic E-state index is 6.17. The van der Waals surface area contributed by atoms with Gasteiger partial charge in [0, 0.05) is 19.5 Å². The molecule has 0 aliphatic heterocycles. The van der Waals surface area contributed by atoms with E-state index in [9.17, 15) is 0 Å². The molecule has 2 N–H and O–H groups in total. The van der Waals surface area contributed by atoms with E-state index < -0.39 is 0 Å². The van der Waals surface area contributed by atoms with Crippen molar-refractivity contribution < 1.29 is 0 Å². The van der Waals surface area contributed by atoms with Crippen LogP contribution in [0, 0.1) is 12.3 Å². The van der Waals surface area contributed by atoms with Gasteiger partial charge in [-0.15, -0.1) is 0 Å². The van der Waals surface area contributed by atoms with E-state index in [1.165, 1.54) is 0 Å². The van der Waals surface area contributed by atoms with Crippen LogP contribution in [0.15, 0.2) is 0 Å². The minimum atomic E-state index is 0.0848. The molecular formula is C11H20ClN3. The summed E-state index contributed by atoms with van der Waals surface area (Å²) in [5.41, 5.74) is 8.11. The van der Waals surface area contributed by atoms with Crippen LogP contribution in [-0.4, -0.2) is 15.8 Å². The van der Waals surface area contributed by atoms with Gasteiger partial charge in [0.25, 0.3) is 0 Å². The Morgan fingerprint density at radius 1 is 1.47 bits per heavy atom. The largest absolute Gasteiger partial charge is 0.327 e. The maximum Gasteiger partial charge on any atom is 0.0847 e. The van der Waals surface area contributed by atoms with Crippen LogP contribution in [0.25, 0.3) is 0 Å². The minimum absolute atomic E-state index is 0.0848. The number of hydrogen-bond donors (Lipinski definition) is 1. The number of aryl methyl sites for hydroxylation is 2. The smallest absolute Gasteiger partial charge is 0.0847 e. The van der Waals surface area contributed by atoms with Crippen LogP contribution in [0.4, 0.5) is 0 Å². The van der Waals surface area contributed by atoms with Gasteiger partial charge in [0.05, 0.1) is 16.4 Å². The second-order valence-electron chi connectivity index (χ2n) is 5.15. The van der Waals surface area contributed by atoms with Crippen molar-refractivity contribution in [3.8, 4) is 0 Å². The Morgan fingerprint density at radius 3 is 2.33 bits per heavy atom. The molecule has 1 atom stereocenters. The highest BCUT2D eigenvalue weighted by molar-refractivity contribution is 6.31. The first kappa shape index (κ1) is 12.5. The zero-order chi connectivity index (χ0) is 11.8. The van der Waals surface area contributed by atoms with Gasteiger partial charge < -0.3 is 5.73 Å². The summed E-state index contributed by atoms with van der Waals surface area (Å²) in [7, 11) is 1.91. The Morgan fingerprint density at radius 2 is 2.00 bits per heavy atom. The summed E-state index contributed by atoms with van der Waals surface area (Å²) in [5.74, 6) is 0. The molecule has 3 nitrogen and oxygen atoms in total. The van der Waals surface area contributed by atoms with Crippen molar-refractivity contribution in [2.24, 2.45) is 18.2 Å². The summed E-state index contributed by atoms with van der Waals surface area (Å²) >= 11 is 6.17. The van der Waals surface area contributed by atoms with Gasteiger partial charge in [-0.05, 0) is 12.3 Å². The molecule has 1 heterocycles. The lowest BCUT2D eigenvalue weighted by atomic mass is 9.85. The molecule has 1 rings (SSSR count). The first-order chi connectivity index (χ1) is 6.73. The Kier molecular flexibility index (Phi) is 3.46. The molecule has 0 aromatic carbocycles. The van der Waals surface area contributed by atoms with Crippen molar-refractivity contribution in [1.82, 2.24) is 9.78 Å². The highest BCUT2D eigenvalue weighted by Gasteiger charge is 2.23. The zero-order valence-electron chi connectivity index (χ0n) is 10.1. The Labute approximate surface area is 96.6 Å². The lowest BCUT2D eigenvalue weighted by molar-refractivity contribution is 0.314. The van der Waals surface area contributed by atoms with Gasteiger partial charge in [0.15, 0.2) is 0 Å². The highest BCUT2D eigenvalue weighted by atomic mass is 35.5. The predicted molar refractivity (Wildman–Crippen MR) is 64.1 cm³/mol. The van der Waals surface area contributed by atoms with Crippen LogP contribution in [0.1, 0.15) is 32.2 Å². The van der Waals surface area contributed by atoms with E-state index in [0.29, 0.717) is 0 Å². The van der Waals surface area contributed by atoms with Crippen LogP contribution < -0.4 is 5.73 Å². The number of nitrogens with two attached hydrogens (primary N) is 1. The molecule has 0 bridgehead atoms. The molecule has 0 amide bonds. The first-order valence-electron chi connectivity index (χ1n) is 5.17. The van der Waals surface area contributed by atoms with Gasteiger partial charge in [-0.3, -0.25) is 4.68 Å². The van der Waals surface area contributed by atoms with Crippen LogP contribution in [0.5, 0.6) is 0 Å². The van der Waals surface area contributed by atoms with Gasteiger partial charge in [-0.25, -0.2) is 0 Å². The van der Waals surface area contributed by atoms with Crippen molar-refractivity contribution >= 4 is 11.6 Å². The highest BCUT2D eigenvalue weighted by Crippen LogP contribution is 2.25. The topological polar surface area (TPSA) is 43.8 Å². The van der Waals surface area contributed by atoms with Gasteiger partial charge in [-0.1, -0.05) is 32.4 Å². The average molecular weight is 230 g/mol. The van der Waals surface area contributed by atoms with E-state index in [1.54, 1.807) is 0 Å². The monoisotopic (exact) mass is 229 g/mol. The Hall–Kier alpha value is -0.540. The van der Waals surface area contributed by atoms with E-state index in [0.717, 1.165) is 22.8 Å². The van der Waals surface area contributed by atoms with E-state index in [4.69, 9.17) is 17.3 Å².